The number of hydrogen-bond donors (Lipinski definition) is 1. The molecular formula is C15H19NO2. The molecule has 0 aromatic heterocycles. The van der Waals surface area contributed by atoms with E-state index < -0.39 is 0 Å². The fraction of sp³-hybridized carbons (Fsp3) is 0.333. The summed E-state index contributed by atoms with van der Waals surface area (Å²) in [5.41, 5.74) is 7.00. The molecule has 0 saturated carbocycles. The summed E-state index contributed by atoms with van der Waals surface area (Å²) in [5.74, 6) is 1.13. The van der Waals surface area contributed by atoms with Crippen LogP contribution in [0.4, 0.5) is 0 Å². The number of fused-ring (bicyclic) bond motifs is 1. The van der Waals surface area contributed by atoms with Gasteiger partial charge < -0.3 is 15.2 Å². The quantitative estimate of drug-likeness (QED) is 0.880. The van der Waals surface area contributed by atoms with E-state index in [9.17, 15) is 0 Å². The van der Waals surface area contributed by atoms with Crippen LogP contribution in [-0.2, 0) is 4.74 Å². The molecule has 2 N–H and O–H groups in total. The van der Waals surface area contributed by atoms with Crippen LogP contribution in [0.3, 0.4) is 0 Å². The zero-order valence-corrected chi connectivity index (χ0v) is 10.8. The number of rotatable bonds is 5. The van der Waals surface area contributed by atoms with Gasteiger partial charge in [0.15, 0.2) is 0 Å². The SMILES string of the molecule is COCC(CN)c1ccc2cc(OC)ccc2c1. The number of ether oxygens (including phenoxy) is 2. The minimum atomic E-state index is 0.251. The number of methoxy groups -OCH3 is 2. The van der Waals surface area contributed by atoms with Gasteiger partial charge in [0.25, 0.3) is 0 Å². The molecule has 0 amide bonds. The van der Waals surface area contributed by atoms with E-state index >= 15 is 0 Å². The highest BCUT2D eigenvalue weighted by Crippen LogP contribution is 2.25. The summed E-state index contributed by atoms with van der Waals surface area (Å²) < 4.78 is 10.4. The van der Waals surface area contributed by atoms with Crippen molar-refractivity contribution in [2.45, 2.75) is 5.92 Å². The van der Waals surface area contributed by atoms with Crippen LogP contribution >= 0.6 is 0 Å². The van der Waals surface area contributed by atoms with E-state index in [4.69, 9.17) is 15.2 Å². The molecule has 18 heavy (non-hydrogen) atoms. The Morgan fingerprint density at radius 1 is 1.06 bits per heavy atom. The van der Waals surface area contributed by atoms with E-state index in [-0.39, 0.29) is 5.92 Å². The van der Waals surface area contributed by atoms with Crippen molar-refractivity contribution in [1.29, 1.82) is 0 Å². The summed E-state index contributed by atoms with van der Waals surface area (Å²) >= 11 is 0. The molecule has 0 aliphatic carbocycles. The van der Waals surface area contributed by atoms with Crippen LogP contribution in [0.15, 0.2) is 36.4 Å². The molecule has 0 heterocycles. The first-order valence-corrected chi connectivity index (χ1v) is 6.05. The second kappa shape index (κ2) is 5.85. The van der Waals surface area contributed by atoms with Crippen LogP contribution in [0.1, 0.15) is 11.5 Å². The third kappa shape index (κ3) is 2.63. The lowest BCUT2D eigenvalue weighted by atomic mass is 9.97. The standard InChI is InChI=1S/C15H19NO2/c1-17-10-14(9-16)12-3-4-13-8-15(18-2)6-5-11(13)7-12/h3-8,14H,9-10,16H2,1-2H3. The maximum absolute atomic E-state index is 5.78. The van der Waals surface area contributed by atoms with Crippen LogP contribution in [0.5, 0.6) is 5.75 Å². The number of hydrogen-bond acceptors (Lipinski definition) is 3. The summed E-state index contributed by atoms with van der Waals surface area (Å²) in [6, 6.07) is 12.5. The summed E-state index contributed by atoms with van der Waals surface area (Å²) in [6.45, 7) is 1.24. The second-order valence-corrected chi connectivity index (χ2v) is 4.36. The van der Waals surface area contributed by atoms with Gasteiger partial charge in [0.05, 0.1) is 13.7 Å². The monoisotopic (exact) mass is 245 g/mol. The molecule has 0 aliphatic rings. The van der Waals surface area contributed by atoms with Gasteiger partial charge in [0.2, 0.25) is 0 Å². The average molecular weight is 245 g/mol. The van der Waals surface area contributed by atoms with Gasteiger partial charge in [-0.1, -0.05) is 24.3 Å². The molecule has 3 nitrogen and oxygen atoms in total. The molecular weight excluding hydrogens is 226 g/mol. The smallest absolute Gasteiger partial charge is 0.119 e. The van der Waals surface area contributed by atoms with Crippen molar-refractivity contribution < 1.29 is 9.47 Å². The second-order valence-electron chi connectivity index (χ2n) is 4.36. The first kappa shape index (κ1) is 12.9. The zero-order valence-electron chi connectivity index (χ0n) is 10.8. The Balaban J connectivity index is 2.37. The maximum Gasteiger partial charge on any atom is 0.119 e. The van der Waals surface area contributed by atoms with E-state index in [0.29, 0.717) is 13.2 Å². The van der Waals surface area contributed by atoms with E-state index in [1.807, 2.05) is 12.1 Å². The van der Waals surface area contributed by atoms with Gasteiger partial charge >= 0.3 is 0 Å². The van der Waals surface area contributed by atoms with Crippen molar-refractivity contribution in [3.05, 3.63) is 42.0 Å². The maximum atomic E-state index is 5.78. The van der Waals surface area contributed by atoms with Crippen molar-refractivity contribution in [2.24, 2.45) is 5.73 Å². The Labute approximate surface area is 108 Å². The summed E-state index contributed by atoms with van der Waals surface area (Å²) in [4.78, 5) is 0. The Bertz CT molecular complexity index is 525. The van der Waals surface area contributed by atoms with Gasteiger partial charge in [0, 0.05) is 19.6 Å². The molecule has 1 unspecified atom stereocenters. The highest BCUT2D eigenvalue weighted by Gasteiger charge is 2.10. The zero-order chi connectivity index (χ0) is 13.0. The fourth-order valence-corrected chi connectivity index (χ4v) is 2.12. The third-order valence-corrected chi connectivity index (χ3v) is 3.20. The Hall–Kier alpha value is -1.58. The molecule has 0 fully saturated rings. The van der Waals surface area contributed by atoms with Crippen molar-refractivity contribution in [1.82, 2.24) is 0 Å². The van der Waals surface area contributed by atoms with E-state index in [0.717, 1.165) is 5.75 Å². The van der Waals surface area contributed by atoms with Crippen LogP contribution < -0.4 is 10.5 Å². The summed E-state index contributed by atoms with van der Waals surface area (Å²) in [7, 11) is 3.38. The molecule has 96 valence electrons. The molecule has 2 aromatic carbocycles. The molecule has 0 radical (unpaired) electrons. The van der Waals surface area contributed by atoms with Crippen LogP contribution in [-0.4, -0.2) is 27.4 Å². The first-order chi connectivity index (χ1) is 8.78. The van der Waals surface area contributed by atoms with Crippen LogP contribution in [0, 0.1) is 0 Å². The lowest BCUT2D eigenvalue weighted by molar-refractivity contribution is 0.181. The lowest BCUT2D eigenvalue weighted by Gasteiger charge is -2.15. The Morgan fingerprint density at radius 2 is 1.78 bits per heavy atom. The largest absolute Gasteiger partial charge is 0.497 e. The summed E-state index contributed by atoms with van der Waals surface area (Å²) in [5, 5.41) is 2.37. The van der Waals surface area contributed by atoms with Crippen LogP contribution in [0.2, 0.25) is 0 Å². The minimum absolute atomic E-state index is 0.251. The van der Waals surface area contributed by atoms with Gasteiger partial charge in [-0.05, 0) is 28.5 Å². The normalized spacial score (nSPS) is 12.6. The van der Waals surface area contributed by atoms with E-state index in [1.165, 1.54) is 16.3 Å². The minimum Gasteiger partial charge on any atom is -0.497 e. The Morgan fingerprint density at radius 3 is 2.44 bits per heavy atom. The van der Waals surface area contributed by atoms with E-state index in [2.05, 4.69) is 24.3 Å². The average Bonchev–Trinajstić information content (AvgIpc) is 2.43. The highest BCUT2D eigenvalue weighted by atomic mass is 16.5. The molecule has 1 atom stereocenters. The fourth-order valence-electron chi connectivity index (χ4n) is 2.12. The van der Waals surface area contributed by atoms with Gasteiger partial charge in [-0.2, -0.15) is 0 Å². The molecule has 2 rings (SSSR count). The number of benzene rings is 2. The number of nitrogens with two attached hydrogens (primary N) is 1. The van der Waals surface area contributed by atoms with Crippen molar-refractivity contribution in [2.75, 3.05) is 27.4 Å². The van der Waals surface area contributed by atoms with E-state index in [1.54, 1.807) is 14.2 Å². The molecule has 0 aliphatic heterocycles. The lowest BCUT2D eigenvalue weighted by Crippen LogP contribution is -2.17. The van der Waals surface area contributed by atoms with Crippen molar-refractivity contribution >= 4 is 10.8 Å². The highest BCUT2D eigenvalue weighted by molar-refractivity contribution is 5.84. The third-order valence-electron chi connectivity index (χ3n) is 3.20. The predicted molar refractivity (Wildman–Crippen MR) is 74.2 cm³/mol. The molecule has 0 bridgehead atoms. The van der Waals surface area contributed by atoms with Gasteiger partial charge in [-0.25, -0.2) is 0 Å². The van der Waals surface area contributed by atoms with Gasteiger partial charge in [0.1, 0.15) is 5.75 Å². The van der Waals surface area contributed by atoms with Crippen molar-refractivity contribution in [3.8, 4) is 5.75 Å². The molecule has 3 heteroatoms. The Kier molecular flexibility index (Phi) is 4.18. The topological polar surface area (TPSA) is 44.5 Å². The van der Waals surface area contributed by atoms with Gasteiger partial charge in [-0.3, -0.25) is 0 Å². The molecule has 0 spiro atoms. The summed E-state index contributed by atoms with van der Waals surface area (Å²) in [6.07, 6.45) is 0. The molecule has 2 aromatic rings. The predicted octanol–water partition coefficient (Wildman–Crippen LogP) is 2.54. The first-order valence-electron chi connectivity index (χ1n) is 6.05. The van der Waals surface area contributed by atoms with Crippen LogP contribution in [0.25, 0.3) is 10.8 Å². The molecule has 0 saturated heterocycles. The van der Waals surface area contributed by atoms with Gasteiger partial charge in [-0.15, -0.1) is 0 Å². The van der Waals surface area contributed by atoms with Crippen molar-refractivity contribution in [3.63, 3.8) is 0 Å².